The average Bonchev–Trinajstić information content (AvgIpc) is 2.99. The Bertz CT molecular complexity index is 1780. The van der Waals surface area contributed by atoms with Crippen molar-refractivity contribution in [3.63, 3.8) is 0 Å². The summed E-state index contributed by atoms with van der Waals surface area (Å²) in [5.41, 5.74) is -2.18. The van der Waals surface area contributed by atoms with Crippen LogP contribution in [0.4, 0.5) is 18.9 Å². The molecule has 1 N–H and O–H groups in total. The van der Waals surface area contributed by atoms with Gasteiger partial charge >= 0.3 is 6.18 Å². The monoisotopic (exact) mass is 598 g/mol. The molecule has 42 heavy (non-hydrogen) atoms. The van der Waals surface area contributed by atoms with Crippen molar-refractivity contribution in [2.45, 2.75) is 91.8 Å². The number of aryl methyl sites for hydroxylation is 2. The molecule has 0 spiro atoms. The third kappa shape index (κ3) is 6.88. The Balaban J connectivity index is 2.60. The Morgan fingerprint density at radius 2 is 1.83 bits per heavy atom. The summed E-state index contributed by atoms with van der Waals surface area (Å²) in [5.74, 6) is -0.264. The molecular weight excluding hydrogens is 543 g/mol. The van der Waals surface area contributed by atoms with E-state index in [1.165, 1.54) is 40.1 Å². The maximum atomic E-state index is 13.8. The van der Waals surface area contributed by atoms with Crippen molar-refractivity contribution >= 4 is 16.6 Å². The standard InChI is InChI=1S/C33H46F3N3O3/c1-11-24-22(6)31(41-20(3)4)38-29-25(39(9)32(7,12-2)16-13-17-37-8)19-27(40-10)30(28(24)29)42-26-18-23(33(34,35)36)15-14-21(26)5/h14-15,18-20,37H,11-13,16-17H2,1-10H3/i12D2,13D2,16D2,17D2,20D. The van der Waals surface area contributed by atoms with Crippen LogP contribution in [0.3, 0.4) is 0 Å². The van der Waals surface area contributed by atoms with E-state index in [1.807, 2.05) is 0 Å². The van der Waals surface area contributed by atoms with Gasteiger partial charge in [0.25, 0.3) is 0 Å². The smallest absolute Gasteiger partial charge is 0.416 e. The van der Waals surface area contributed by atoms with E-state index in [2.05, 4.69) is 5.32 Å². The Morgan fingerprint density at radius 1 is 1.14 bits per heavy atom. The summed E-state index contributed by atoms with van der Waals surface area (Å²) in [6.45, 7) is 7.19. The van der Waals surface area contributed by atoms with Crippen LogP contribution >= 0.6 is 0 Å². The predicted octanol–water partition coefficient (Wildman–Crippen LogP) is 8.63. The van der Waals surface area contributed by atoms with Gasteiger partial charge in [-0.25, -0.2) is 4.98 Å². The fraction of sp³-hybridized carbons (Fsp3) is 0.545. The molecule has 1 unspecified atom stereocenters. The first kappa shape index (κ1) is 22.4. The summed E-state index contributed by atoms with van der Waals surface area (Å²) >= 11 is 0. The molecule has 6 nitrogen and oxygen atoms in total. The second-order valence-electron chi connectivity index (χ2n) is 10.1. The molecule has 0 saturated carbocycles. The number of anilines is 1. The fourth-order valence-electron chi connectivity index (χ4n) is 4.52. The molecule has 1 heterocycles. The lowest BCUT2D eigenvalue weighted by Gasteiger charge is -2.41. The maximum absolute atomic E-state index is 13.8. The van der Waals surface area contributed by atoms with E-state index in [-0.39, 0.29) is 46.1 Å². The summed E-state index contributed by atoms with van der Waals surface area (Å²) in [7, 11) is 3.70. The molecule has 0 aliphatic heterocycles. The molecule has 1 atom stereocenters. The number of nitrogens with zero attached hydrogens (tertiary/aromatic N) is 2. The second kappa shape index (κ2) is 13.4. The topological polar surface area (TPSA) is 55.9 Å². The van der Waals surface area contributed by atoms with Gasteiger partial charge in [0.05, 0.1) is 31.2 Å². The van der Waals surface area contributed by atoms with Crippen molar-refractivity contribution in [2.24, 2.45) is 0 Å². The summed E-state index contributed by atoms with van der Waals surface area (Å²) in [6.07, 6.45) is -15.1. The summed E-state index contributed by atoms with van der Waals surface area (Å²) in [5, 5.41) is 2.37. The van der Waals surface area contributed by atoms with E-state index in [1.54, 1.807) is 20.8 Å². The minimum absolute atomic E-state index is 0.00793. The molecule has 0 bridgehead atoms. The summed E-state index contributed by atoms with van der Waals surface area (Å²) in [6, 6.07) is 4.35. The van der Waals surface area contributed by atoms with E-state index in [0.717, 1.165) is 37.9 Å². The number of fused-ring (bicyclic) bond motifs is 1. The number of benzene rings is 2. The van der Waals surface area contributed by atoms with Crippen LogP contribution in [0.1, 0.15) is 88.3 Å². The highest BCUT2D eigenvalue weighted by Gasteiger charge is 2.33. The number of aromatic nitrogens is 1. The number of alkyl halides is 3. The number of pyridine rings is 1. The van der Waals surface area contributed by atoms with Gasteiger partial charge in [-0.3, -0.25) is 0 Å². The summed E-state index contributed by atoms with van der Waals surface area (Å²) in [4.78, 5) is 5.85. The van der Waals surface area contributed by atoms with Crippen LogP contribution in [0.5, 0.6) is 23.1 Å². The molecular formula is C33H46F3N3O3. The van der Waals surface area contributed by atoms with Crippen molar-refractivity contribution in [1.82, 2.24) is 10.3 Å². The van der Waals surface area contributed by atoms with Gasteiger partial charge in [-0.2, -0.15) is 13.2 Å². The SMILES string of the molecule is [2H]C(C)(C)Oc1nc2c(N(C)C(C)(C([2H])([2H])C)C([2H])([2H])C([2H])([2H])C([2H])([2H])NC)cc(OC)c(Oc3cc(C(F)(F)F)ccc3C)c2c(CC)c1C. The van der Waals surface area contributed by atoms with Crippen LogP contribution in [0.2, 0.25) is 0 Å². The van der Waals surface area contributed by atoms with Gasteiger partial charge in [-0.15, -0.1) is 0 Å². The van der Waals surface area contributed by atoms with Crippen molar-refractivity contribution < 1.29 is 39.7 Å². The third-order valence-electron chi connectivity index (χ3n) is 7.10. The van der Waals surface area contributed by atoms with Crippen LogP contribution in [0.15, 0.2) is 24.3 Å². The molecule has 0 fully saturated rings. The first-order chi connectivity index (χ1) is 22.9. The second-order valence-corrected chi connectivity index (χ2v) is 10.1. The Labute approximate surface area is 261 Å². The predicted molar refractivity (Wildman–Crippen MR) is 165 cm³/mol. The van der Waals surface area contributed by atoms with E-state index < -0.39 is 49.0 Å². The van der Waals surface area contributed by atoms with Crippen LogP contribution < -0.4 is 24.4 Å². The number of hydrogen-bond donors (Lipinski definition) is 1. The molecule has 9 heteroatoms. The van der Waals surface area contributed by atoms with E-state index >= 15 is 0 Å². The van der Waals surface area contributed by atoms with Gasteiger partial charge in [-0.1, -0.05) is 19.9 Å². The minimum atomic E-state index is -4.68. The number of hydrogen-bond acceptors (Lipinski definition) is 6. The van der Waals surface area contributed by atoms with Gasteiger partial charge in [0.15, 0.2) is 11.5 Å². The Kier molecular flexibility index (Phi) is 7.13. The number of rotatable bonds is 13. The maximum Gasteiger partial charge on any atom is 0.416 e. The Morgan fingerprint density at radius 3 is 2.38 bits per heavy atom. The molecule has 0 radical (unpaired) electrons. The van der Waals surface area contributed by atoms with Gasteiger partial charge in [0.2, 0.25) is 5.88 Å². The quantitative estimate of drug-likeness (QED) is 0.213. The largest absolute Gasteiger partial charge is 0.493 e. The first-order valence-corrected chi connectivity index (χ1v) is 13.5. The van der Waals surface area contributed by atoms with Crippen molar-refractivity contribution in [2.75, 3.05) is 32.6 Å². The normalized spacial score (nSPS) is 18.2. The van der Waals surface area contributed by atoms with Gasteiger partial charge in [-0.05, 0) is 97.0 Å². The fourth-order valence-corrected chi connectivity index (χ4v) is 4.52. The van der Waals surface area contributed by atoms with Gasteiger partial charge < -0.3 is 24.4 Å². The molecule has 3 aromatic rings. The molecule has 232 valence electrons. The van der Waals surface area contributed by atoms with Crippen molar-refractivity contribution in [3.05, 3.63) is 46.5 Å². The van der Waals surface area contributed by atoms with Crippen LogP contribution in [-0.4, -0.2) is 44.3 Å². The van der Waals surface area contributed by atoms with Crippen LogP contribution in [0, 0.1) is 13.8 Å². The lowest BCUT2D eigenvalue weighted by atomic mass is 9.89. The lowest BCUT2D eigenvalue weighted by molar-refractivity contribution is -0.137. The number of halogens is 3. The number of ether oxygens (including phenoxy) is 3. The molecule has 3 rings (SSSR count). The number of methoxy groups -OCH3 is 1. The molecule has 0 aliphatic rings. The van der Waals surface area contributed by atoms with Crippen LogP contribution in [0.25, 0.3) is 10.9 Å². The molecule has 0 aliphatic carbocycles. The van der Waals surface area contributed by atoms with E-state index in [4.69, 9.17) is 31.5 Å². The molecule has 0 amide bonds. The number of nitrogens with one attached hydrogen (secondary N) is 1. The highest BCUT2D eigenvalue weighted by molar-refractivity contribution is 6.01. The zero-order valence-corrected chi connectivity index (χ0v) is 25.8. The van der Waals surface area contributed by atoms with Gasteiger partial charge in [0, 0.05) is 35.2 Å². The highest BCUT2D eigenvalue weighted by atomic mass is 19.4. The summed E-state index contributed by atoms with van der Waals surface area (Å²) < 4.78 is 138. The van der Waals surface area contributed by atoms with Gasteiger partial charge in [0.1, 0.15) is 11.3 Å². The third-order valence-corrected chi connectivity index (χ3v) is 7.10. The van der Waals surface area contributed by atoms with E-state index in [9.17, 15) is 13.2 Å². The zero-order valence-electron chi connectivity index (χ0n) is 34.8. The zero-order chi connectivity index (χ0) is 39.5. The van der Waals surface area contributed by atoms with E-state index in [0.29, 0.717) is 16.7 Å². The van der Waals surface area contributed by atoms with Crippen molar-refractivity contribution in [3.8, 4) is 23.1 Å². The molecule has 1 aromatic heterocycles. The Hall–Kier alpha value is -3.20. The van der Waals surface area contributed by atoms with Crippen molar-refractivity contribution in [1.29, 1.82) is 0 Å². The lowest BCUT2D eigenvalue weighted by Crippen LogP contribution is -2.44. The average molecular weight is 599 g/mol. The molecule has 2 aromatic carbocycles. The highest BCUT2D eigenvalue weighted by Crippen LogP contribution is 2.49. The molecule has 0 saturated heterocycles. The van der Waals surface area contributed by atoms with Crippen LogP contribution in [-0.2, 0) is 12.6 Å². The first-order valence-electron chi connectivity index (χ1n) is 18.0. The minimum Gasteiger partial charge on any atom is -0.493 e.